The Balaban J connectivity index is 2.96. The van der Waals surface area contributed by atoms with Gasteiger partial charge in [-0.15, -0.1) is 0 Å². The highest BCUT2D eigenvalue weighted by Crippen LogP contribution is 2.35. The van der Waals surface area contributed by atoms with Gasteiger partial charge >= 0.3 is 6.18 Å². The molecular formula is C8H5F5. The Hall–Kier alpha value is -1.13. The highest BCUT2D eigenvalue weighted by atomic mass is 19.4. The molecule has 0 aromatic heterocycles. The Bertz CT molecular complexity index is 291. The molecule has 0 spiro atoms. The lowest BCUT2D eigenvalue weighted by Gasteiger charge is -2.11. The summed E-state index contributed by atoms with van der Waals surface area (Å²) in [5, 5.41) is 0. The van der Waals surface area contributed by atoms with E-state index in [1.54, 1.807) is 0 Å². The van der Waals surface area contributed by atoms with Crippen LogP contribution in [0.5, 0.6) is 0 Å². The molecule has 0 amide bonds. The van der Waals surface area contributed by atoms with Crippen LogP contribution in [0.15, 0.2) is 24.3 Å². The van der Waals surface area contributed by atoms with Crippen LogP contribution in [0.25, 0.3) is 0 Å². The summed E-state index contributed by atoms with van der Waals surface area (Å²) < 4.78 is 60.2. The van der Waals surface area contributed by atoms with E-state index in [2.05, 4.69) is 0 Å². The lowest BCUT2D eigenvalue weighted by Crippen LogP contribution is -2.16. The standard InChI is InChI=1S/C8H5F5/c9-6-3-1-2-5(4-6)7(10)8(11,12)13/h1-4,7H. The first-order chi connectivity index (χ1) is 5.91. The topological polar surface area (TPSA) is 0 Å². The Labute approximate surface area is 71.0 Å². The van der Waals surface area contributed by atoms with Crippen LogP contribution in [0.3, 0.4) is 0 Å². The van der Waals surface area contributed by atoms with Gasteiger partial charge in [-0.05, 0) is 17.7 Å². The molecule has 0 aliphatic rings. The molecule has 13 heavy (non-hydrogen) atoms. The molecule has 0 saturated heterocycles. The Morgan fingerprint density at radius 1 is 1.15 bits per heavy atom. The minimum absolute atomic E-state index is 0.526. The number of alkyl halides is 4. The van der Waals surface area contributed by atoms with Crippen LogP contribution in [0, 0.1) is 5.82 Å². The van der Waals surface area contributed by atoms with Crippen molar-refractivity contribution in [3.8, 4) is 0 Å². The zero-order valence-electron chi connectivity index (χ0n) is 6.28. The SMILES string of the molecule is Fc1cccc(C(F)C(F)(F)F)c1. The first kappa shape index (κ1) is 9.95. The monoisotopic (exact) mass is 196 g/mol. The largest absolute Gasteiger partial charge is 0.423 e. The van der Waals surface area contributed by atoms with E-state index >= 15 is 0 Å². The molecule has 0 radical (unpaired) electrons. The van der Waals surface area contributed by atoms with Gasteiger partial charge in [-0.1, -0.05) is 12.1 Å². The quantitative estimate of drug-likeness (QED) is 0.604. The molecule has 1 atom stereocenters. The fourth-order valence-corrected chi connectivity index (χ4v) is 0.853. The zero-order chi connectivity index (χ0) is 10.1. The first-order valence-corrected chi connectivity index (χ1v) is 3.37. The summed E-state index contributed by atoms with van der Waals surface area (Å²) >= 11 is 0. The highest BCUT2D eigenvalue weighted by molar-refractivity contribution is 5.19. The van der Waals surface area contributed by atoms with Gasteiger partial charge in [0.1, 0.15) is 5.82 Å². The minimum atomic E-state index is -4.98. The fourth-order valence-electron chi connectivity index (χ4n) is 0.853. The van der Waals surface area contributed by atoms with Crippen LogP contribution >= 0.6 is 0 Å². The van der Waals surface area contributed by atoms with Crippen LogP contribution in [-0.4, -0.2) is 6.18 Å². The molecule has 1 unspecified atom stereocenters. The zero-order valence-corrected chi connectivity index (χ0v) is 6.28. The molecule has 0 heterocycles. The molecule has 1 aromatic carbocycles. The number of hydrogen-bond donors (Lipinski definition) is 0. The number of halogens is 5. The Kier molecular flexibility index (Phi) is 2.54. The third-order valence-corrected chi connectivity index (χ3v) is 1.43. The van der Waals surface area contributed by atoms with Gasteiger partial charge in [0.2, 0.25) is 6.17 Å². The summed E-state index contributed by atoms with van der Waals surface area (Å²) in [6.45, 7) is 0. The molecule has 0 bridgehead atoms. The van der Waals surface area contributed by atoms with E-state index in [4.69, 9.17) is 0 Å². The maximum Gasteiger partial charge on any atom is 0.423 e. The second-order valence-corrected chi connectivity index (χ2v) is 2.46. The van der Waals surface area contributed by atoms with Crippen molar-refractivity contribution in [3.05, 3.63) is 35.6 Å². The van der Waals surface area contributed by atoms with Gasteiger partial charge in [-0.3, -0.25) is 0 Å². The van der Waals surface area contributed by atoms with Gasteiger partial charge in [0.05, 0.1) is 0 Å². The predicted molar refractivity (Wildman–Crippen MR) is 36.3 cm³/mol. The lowest BCUT2D eigenvalue weighted by atomic mass is 10.1. The number of benzene rings is 1. The van der Waals surface area contributed by atoms with E-state index in [1.165, 1.54) is 0 Å². The Morgan fingerprint density at radius 3 is 2.23 bits per heavy atom. The molecule has 0 fully saturated rings. The summed E-state index contributed by atoms with van der Waals surface area (Å²) in [4.78, 5) is 0. The lowest BCUT2D eigenvalue weighted by molar-refractivity contribution is -0.182. The van der Waals surface area contributed by atoms with Gasteiger partial charge in [0.15, 0.2) is 0 Å². The van der Waals surface area contributed by atoms with Crippen LogP contribution in [0.1, 0.15) is 11.7 Å². The van der Waals surface area contributed by atoms with Crippen molar-refractivity contribution in [1.29, 1.82) is 0 Å². The molecule has 72 valence electrons. The second-order valence-electron chi connectivity index (χ2n) is 2.46. The first-order valence-electron chi connectivity index (χ1n) is 3.37. The van der Waals surface area contributed by atoms with Gasteiger partial charge < -0.3 is 0 Å². The molecular weight excluding hydrogens is 191 g/mol. The average Bonchev–Trinajstić information content (AvgIpc) is 2.01. The van der Waals surface area contributed by atoms with Crippen molar-refractivity contribution in [2.75, 3.05) is 0 Å². The van der Waals surface area contributed by atoms with Gasteiger partial charge in [0.25, 0.3) is 0 Å². The highest BCUT2D eigenvalue weighted by Gasteiger charge is 2.41. The third-order valence-electron chi connectivity index (χ3n) is 1.43. The van der Waals surface area contributed by atoms with Crippen LogP contribution in [0.4, 0.5) is 22.0 Å². The molecule has 5 heteroatoms. The minimum Gasteiger partial charge on any atom is -0.232 e. The molecule has 0 aliphatic heterocycles. The average molecular weight is 196 g/mol. The van der Waals surface area contributed by atoms with Gasteiger partial charge in [-0.2, -0.15) is 13.2 Å². The smallest absolute Gasteiger partial charge is 0.232 e. The maximum atomic E-state index is 12.5. The van der Waals surface area contributed by atoms with Crippen LogP contribution in [-0.2, 0) is 0 Å². The van der Waals surface area contributed by atoms with Crippen molar-refractivity contribution in [1.82, 2.24) is 0 Å². The van der Waals surface area contributed by atoms with Crippen molar-refractivity contribution in [2.45, 2.75) is 12.3 Å². The fraction of sp³-hybridized carbons (Fsp3) is 0.250. The van der Waals surface area contributed by atoms with E-state index < -0.39 is 23.7 Å². The normalized spacial score (nSPS) is 14.2. The van der Waals surface area contributed by atoms with E-state index in [0.29, 0.717) is 6.07 Å². The molecule has 0 nitrogen and oxygen atoms in total. The van der Waals surface area contributed by atoms with Gasteiger partial charge in [-0.25, -0.2) is 8.78 Å². The van der Waals surface area contributed by atoms with Gasteiger partial charge in [0, 0.05) is 0 Å². The van der Waals surface area contributed by atoms with E-state index in [0.717, 1.165) is 18.2 Å². The summed E-state index contributed by atoms with van der Waals surface area (Å²) in [6.07, 6.45) is -8.10. The molecule has 1 aromatic rings. The molecule has 0 N–H and O–H groups in total. The summed E-state index contributed by atoms with van der Waals surface area (Å²) in [7, 11) is 0. The third kappa shape index (κ3) is 2.40. The molecule has 1 rings (SSSR count). The van der Waals surface area contributed by atoms with E-state index in [1.807, 2.05) is 0 Å². The Morgan fingerprint density at radius 2 is 1.77 bits per heavy atom. The van der Waals surface area contributed by atoms with E-state index in [-0.39, 0.29) is 0 Å². The van der Waals surface area contributed by atoms with E-state index in [9.17, 15) is 22.0 Å². The summed E-state index contributed by atoms with van der Waals surface area (Å²) in [5.41, 5.74) is -0.715. The summed E-state index contributed by atoms with van der Waals surface area (Å²) in [6, 6.07) is 3.40. The molecule has 0 saturated carbocycles. The number of rotatable bonds is 1. The second kappa shape index (κ2) is 3.32. The van der Waals surface area contributed by atoms with Crippen molar-refractivity contribution < 1.29 is 22.0 Å². The summed E-state index contributed by atoms with van der Waals surface area (Å²) in [5.74, 6) is -0.885. The van der Waals surface area contributed by atoms with Crippen molar-refractivity contribution in [2.24, 2.45) is 0 Å². The van der Waals surface area contributed by atoms with Crippen LogP contribution in [0.2, 0.25) is 0 Å². The molecule has 0 aliphatic carbocycles. The van der Waals surface area contributed by atoms with Crippen LogP contribution < -0.4 is 0 Å². The predicted octanol–water partition coefficient (Wildman–Crippen LogP) is 3.40. The van der Waals surface area contributed by atoms with Crippen molar-refractivity contribution in [3.63, 3.8) is 0 Å². The van der Waals surface area contributed by atoms with Crippen molar-refractivity contribution >= 4 is 0 Å². The maximum absolute atomic E-state index is 12.5. The number of hydrogen-bond acceptors (Lipinski definition) is 0.